The largest absolute Gasteiger partial charge is 0.383 e. The number of aryl methyl sites for hydroxylation is 2. The number of hydrogen-bond donors (Lipinski definition) is 1. The third kappa shape index (κ3) is 3.88. The van der Waals surface area contributed by atoms with Crippen LogP contribution in [0.25, 0.3) is 0 Å². The molecule has 0 amide bonds. The van der Waals surface area contributed by atoms with Crippen molar-refractivity contribution in [3.63, 3.8) is 0 Å². The Morgan fingerprint density at radius 3 is 2.80 bits per heavy atom. The van der Waals surface area contributed by atoms with Gasteiger partial charge in [0, 0.05) is 29.2 Å². The zero-order valence-corrected chi connectivity index (χ0v) is 14.3. The quantitative estimate of drug-likeness (QED) is 0.800. The molecule has 0 aliphatic heterocycles. The molecule has 1 aromatic carbocycles. The lowest BCUT2D eigenvalue weighted by Gasteiger charge is -2.18. The second-order valence-corrected chi connectivity index (χ2v) is 6.46. The molecule has 1 atom stereocenters. The van der Waals surface area contributed by atoms with Gasteiger partial charge in [-0.2, -0.15) is 0 Å². The molecule has 2 rings (SSSR count). The molecule has 0 radical (unpaired) electrons. The number of nitrogens with one attached hydrogen (secondary N) is 1. The smallest absolute Gasteiger partial charge is 0.114 e. The molecule has 2 aromatic rings. The number of rotatable bonds is 6. The average Bonchev–Trinajstić information content (AvgIpc) is 2.85. The first-order valence-electron chi connectivity index (χ1n) is 6.52. The maximum absolute atomic E-state index is 5.13. The lowest BCUT2D eigenvalue weighted by Crippen LogP contribution is -2.26. The van der Waals surface area contributed by atoms with Crippen LogP contribution < -0.4 is 5.32 Å². The highest BCUT2D eigenvalue weighted by atomic mass is 79.9. The zero-order chi connectivity index (χ0) is 14.5. The minimum Gasteiger partial charge on any atom is -0.383 e. The minimum absolute atomic E-state index is 0.121. The number of benzene rings is 1. The zero-order valence-electron chi connectivity index (χ0n) is 11.9. The van der Waals surface area contributed by atoms with Gasteiger partial charge in [0.1, 0.15) is 5.01 Å². The van der Waals surface area contributed by atoms with Crippen LogP contribution in [0.5, 0.6) is 0 Å². The van der Waals surface area contributed by atoms with Crippen molar-refractivity contribution in [1.82, 2.24) is 10.3 Å². The molecule has 0 saturated heterocycles. The monoisotopic (exact) mass is 354 g/mol. The van der Waals surface area contributed by atoms with Crippen LogP contribution in [0.15, 0.2) is 28.1 Å². The third-order valence-corrected chi connectivity index (χ3v) is 4.97. The Labute approximate surface area is 132 Å². The Bertz CT molecular complexity index is 571. The molecular weight excluding hydrogens is 336 g/mol. The van der Waals surface area contributed by atoms with Gasteiger partial charge in [0.2, 0.25) is 0 Å². The maximum Gasteiger partial charge on any atom is 0.114 e. The van der Waals surface area contributed by atoms with Crippen molar-refractivity contribution in [2.24, 2.45) is 0 Å². The summed E-state index contributed by atoms with van der Waals surface area (Å²) in [4.78, 5) is 4.62. The van der Waals surface area contributed by atoms with Gasteiger partial charge < -0.3 is 10.1 Å². The Morgan fingerprint density at radius 2 is 2.20 bits per heavy atom. The Morgan fingerprint density at radius 1 is 1.40 bits per heavy atom. The number of halogens is 1. The van der Waals surface area contributed by atoms with E-state index in [4.69, 9.17) is 4.74 Å². The van der Waals surface area contributed by atoms with Gasteiger partial charge in [-0.1, -0.05) is 28.1 Å². The van der Waals surface area contributed by atoms with Crippen molar-refractivity contribution in [1.29, 1.82) is 0 Å². The summed E-state index contributed by atoms with van der Waals surface area (Å²) in [6.45, 7) is 5.62. The lowest BCUT2D eigenvalue weighted by molar-refractivity contribution is 0.197. The number of nitrogens with zero attached hydrogens (tertiary/aromatic N) is 1. The first kappa shape index (κ1) is 15.6. The summed E-state index contributed by atoms with van der Waals surface area (Å²) in [5.41, 5.74) is 3.53. The van der Waals surface area contributed by atoms with Crippen LogP contribution >= 0.6 is 27.3 Å². The predicted octanol–water partition coefficient (Wildman–Crippen LogP) is 3.85. The summed E-state index contributed by atoms with van der Waals surface area (Å²) in [7, 11) is 1.72. The van der Waals surface area contributed by atoms with E-state index in [2.05, 4.69) is 56.7 Å². The highest BCUT2D eigenvalue weighted by Crippen LogP contribution is 2.28. The van der Waals surface area contributed by atoms with Gasteiger partial charge >= 0.3 is 0 Å². The minimum atomic E-state index is 0.121. The fourth-order valence-electron chi connectivity index (χ4n) is 2.01. The van der Waals surface area contributed by atoms with E-state index in [1.165, 1.54) is 11.1 Å². The first-order valence-corrected chi connectivity index (χ1v) is 8.19. The first-order chi connectivity index (χ1) is 9.61. The SMILES string of the molecule is COCCNC(c1ccc(Br)c(C)c1)c1nc(C)cs1. The van der Waals surface area contributed by atoms with Crippen molar-refractivity contribution in [3.8, 4) is 0 Å². The molecule has 0 aliphatic carbocycles. The van der Waals surface area contributed by atoms with Crippen LogP contribution in [-0.2, 0) is 4.74 Å². The van der Waals surface area contributed by atoms with Crippen molar-refractivity contribution < 1.29 is 4.74 Å². The number of aromatic nitrogens is 1. The Balaban J connectivity index is 2.27. The standard InChI is InChI=1S/C15H19BrN2OS/c1-10-8-12(4-5-13(10)16)14(17-6-7-19-3)15-18-11(2)9-20-15/h4-5,8-9,14,17H,6-7H2,1-3H3. The molecule has 0 bridgehead atoms. The highest BCUT2D eigenvalue weighted by Gasteiger charge is 2.17. The molecule has 1 heterocycles. The van der Waals surface area contributed by atoms with Gasteiger partial charge in [0.25, 0.3) is 0 Å². The second kappa shape index (κ2) is 7.31. The molecule has 5 heteroatoms. The summed E-state index contributed by atoms with van der Waals surface area (Å²) in [6.07, 6.45) is 0. The van der Waals surface area contributed by atoms with E-state index < -0.39 is 0 Å². The van der Waals surface area contributed by atoms with E-state index in [1.807, 2.05) is 6.92 Å². The predicted molar refractivity (Wildman–Crippen MR) is 87.5 cm³/mol. The molecule has 20 heavy (non-hydrogen) atoms. The molecule has 0 saturated carbocycles. The van der Waals surface area contributed by atoms with Crippen LogP contribution in [0, 0.1) is 13.8 Å². The summed E-state index contributed by atoms with van der Waals surface area (Å²) < 4.78 is 6.26. The normalized spacial score (nSPS) is 12.6. The van der Waals surface area contributed by atoms with E-state index in [0.29, 0.717) is 6.61 Å². The summed E-state index contributed by atoms with van der Waals surface area (Å²) in [5.74, 6) is 0. The molecule has 108 valence electrons. The van der Waals surface area contributed by atoms with Crippen LogP contribution in [0.4, 0.5) is 0 Å². The van der Waals surface area contributed by atoms with Crippen LogP contribution in [0.3, 0.4) is 0 Å². The number of hydrogen-bond acceptors (Lipinski definition) is 4. The van der Waals surface area contributed by atoms with Gasteiger partial charge in [-0.25, -0.2) is 4.98 Å². The van der Waals surface area contributed by atoms with Gasteiger partial charge in [0.15, 0.2) is 0 Å². The van der Waals surface area contributed by atoms with E-state index in [-0.39, 0.29) is 6.04 Å². The van der Waals surface area contributed by atoms with Crippen molar-refractivity contribution in [3.05, 3.63) is 49.9 Å². The van der Waals surface area contributed by atoms with Crippen molar-refractivity contribution in [2.75, 3.05) is 20.3 Å². The molecule has 1 unspecified atom stereocenters. The molecule has 3 nitrogen and oxygen atoms in total. The van der Waals surface area contributed by atoms with Crippen LogP contribution in [-0.4, -0.2) is 25.2 Å². The van der Waals surface area contributed by atoms with Crippen molar-refractivity contribution in [2.45, 2.75) is 19.9 Å². The molecule has 0 fully saturated rings. The van der Waals surface area contributed by atoms with E-state index in [0.717, 1.165) is 21.7 Å². The van der Waals surface area contributed by atoms with Gasteiger partial charge in [-0.3, -0.25) is 0 Å². The Kier molecular flexibility index (Phi) is 5.72. The molecule has 1 N–H and O–H groups in total. The topological polar surface area (TPSA) is 34.1 Å². The van der Waals surface area contributed by atoms with Gasteiger partial charge in [-0.05, 0) is 31.0 Å². The second-order valence-electron chi connectivity index (χ2n) is 4.72. The lowest BCUT2D eigenvalue weighted by atomic mass is 10.0. The third-order valence-electron chi connectivity index (χ3n) is 3.05. The molecular formula is C15H19BrN2OS. The van der Waals surface area contributed by atoms with E-state index >= 15 is 0 Å². The molecule has 1 aromatic heterocycles. The van der Waals surface area contributed by atoms with Crippen molar-refractivity contribution >= 4 is 27.3 Å². The van der Waals surface area contributed by atoms with Gasteiger partial charge in [0.05, 0.1) is 12.6 Å². The number of thiazole rings is 1. The Hall–Kier alpha value is -0.750. The summed E-state index contributed by atoms with van der Waals surface area (Å²) >= 11 is 5.24. The highest BCUT2D eigenvalue weighted by molar-refractivity contribution is 9.10. The summed E-state index contributed by atoms with van der Waals surface area (Å²) in [6, 6.07) is 6.55. The molecule has 0 spiro atoms. The maximum atomic E-state index is 5.13. The van der Waals surface area contributed by atoms with E-state index in [9.17, 15) is 0 Å². The molecule has 0 aliphatic rings. The summed E-state index contributed by atoms with van der Waals surface area (Å²) in [5, 5.41) is 6.71. The average molecular weight is 355 g/mol. The van der Waals surface area contributed by atoms with E-state index in [1.54, 1.807) is 18.4 Å². The van der Waals surface area contributed by atoms with Gasteiger partial charge in [-0.15, -0.1) is 11.3 Å². The fraction of sp³-hybridized carbons (Fsp3) is 0.400. The van der Waals surface area contributed by atoms with Crippen LogP contribution in [0.2, 0.25) is 0 Å². The number of methoxy groups -OCH3 is 1. The number of ether oxygens (including phenoxy) is 1. The van der Waals surface area contributed by atoms with Crippen LogP contribution in [0.1, 0.15) is 27.9 Å². The fourth-order valence-corrected chi connectivity index (χ4v) is 3.15.